The van der Waals surface area contributed by atoms with Gasteiger partial charge >= 0.3 is 5.97 Å². The van der Waals surface area contributed by atoms with Gasteiger partial charge < -0.3 is 10.4 Å². The third-order valence-corrected chi connectivity index (χ3v) is 3.33. The molecule has 0 saturated heterocycles. The Morgan fingerprint density at radius 1 is 1.20 bits per heavy atom. The predicted octanol–water partition coefficient (Wildman–Crippen LogP) is 4.04. The van der Waals surface area contributed by atoms with Gasteiger partial charge in [-0.2, -0.15) is 0 Å². The van der Waals surface area contributed by atoms with Gasteiger partial charge in [-0.1, -0.05) is 18.2 Å². The van der Waals surface area contributed by atoms with Crippen molar-refractivity contribution in [1.82, 2.24) is 0 Å². The van der Waals surface area contributed by atoms with Crippen molar-refractivity contribution >= 4 is 27.6 Å². The van der Waals surface area contributed by atoms with Gasteiger partial charge in [0.25, 0.3) is 0 Å². The molecule has 3 nitrogen and oxygen atoms in total. The zero-order chi connectivity index (χ0) is 14.7. The Bertz CT molecular complexity index is 662. The molecular formula is C14H10BrF2NO2. The summed E-state index contributed by atoms with van der Waals surface area (Å²) in [6, 6.07) is 8.44. The number of carboxylic acid groups (broad SMARTS) is 1. The maximum Gasteiger partial charge on any atom is 0.336 e. The van der Waals surface area contributed by atoms with Crippen LogP contribution in [0.25, 0.3) is 0 Å². The maximum absolute atomic E-state index is 13.6. The van der Waals surface area contributed by atoms with Crippen LogP contribution in [0.3, 0.4) is 0 Å². The third-order valence-electron chi connectivity index (χ3n) is 2.73. The van der Waals surface area contributed by atoms with Gasteiger partial charge in [0, 0.05) is 12.6 Å². The number of nitrogens with one attached hydrogen (secondary N) is 1. The first-order valence-electron chi connectivity index (χ1n) is 5.68. The van der Waals surface area contributed by atoms with Gasteiger partial charge in [0.05, 0.1) is 15.7 Å². The summed E-state index contributed by atoms with van der Waals surface area (Å²) in [6.45, 7) is 0.122. The number of halogens is 3. The molecule has 0 saturated carbocycles. The van der Waals surface area contributed by atoms with Gasteiger partial charge in [0.2, 0.25) is 0 Å². The topological polar surface area (TPSA) is 49.3 Å². The summed E-state index contributed by atoms with van der Waals surface area (Å²) in [6.07, 6.45) is 0. The molecule has 6 heteroatoms. The molecule has 0 bridgehead atoms. The molecule has 2 N–H and O–H groups in total. The smallest absolute Gasteiger partial charge is 0.336 e. The maximum atomic E-state index is 13.6. The zero-order valence-electron chi connectivity index (χ0n) is 10.2. The van der Waals surface area contributed by atoms with Gasteiger partial charge in [-0.25, -0.2) is 13.6 Å². The number of rotatable bonds is 4. The molecule has 0 aliphatic heterocycles. The van der Waals surface area contributed by atoms with E-state index in [0.717, 1.165) is 6.07 Å². The minimum absolute atomic E-state index is 0.0958. The molecule has 0 radical (unpaired) electrons. The van der Waals surface area contributed by atoms with Gasteiger partial charge in [0.15, 0.2) is 0 Å². The monoisotopic (exact) mass is 341 g/mol. The molecule has 0 aliphatic rings. The average Bonchev–Trinajstić information content (AvgIpc) is 2.41. The van der Waals surface area contributed by atoms with E-state index in [0.29, 0.717) is 5.56 Å². The van der Waals surface area contributed by atoms with Crippen molar-refractivity contribution in [2.75, 3.05) is 5.32 Å². The molecule has 0 aliphatic carbocycles. The number of aromatic carboxylic acids is 1. The van der Waals surface area contributed by atoms with Crippen molar-refractivity contribution < 1.29 is 18.7 Å². The van der Waals surface area contributed by atoms with Crippen molar-refractivity contribution in [3.8, 4) is 0 Å². The Kier molecular flexibility index (Phi) is 4.34. The van der Waals surface area contributed by atoms with Gasteiger partial charge in [0.1, 0.15) is 11.6 Å². The van der Waals surface area contributed by atoms with Crippen molar-refractivity contribution in [2.24, 2.45) is 0 Å². The Labute approximate surface area is 122 Å². The molecule has 2 rings (SSSR count). The summed E-state index contributed by atoms with van der Waals surface area (Å²) in [5.41, 5.74) is 0.750. The van der Waals surface area contributed by atoms with Crippen molar-refractivity contribution in [2.45, 2.75) is 6.54 Å². The lowest BCUT2D eigenvalue weighted by Crippen LogP contribution is -2.08. The molecule has 0 unspecified atom stereocenters. The first-order chi connectivity index (χ1) is 9.49. The highest BCUT2D eigenvalue weighted by molar-refractivity contribution is 9.10. The van der Waals surface area contributed by atoms with E-state index in [1.807, 2.05) is 0 Å². The Morgan fingerprint density at radius 3 is 2.60 bits per heavy atom. The third kappa shape index (κ3) is 3.14. The SMILES string of the molecule is O=C(O)c1ccccc1CNc1cc(Br)c(F)cc1F. The molecule has 0 amide bonds. The molecular weight excluding hydrogens is 332 g/mol. The Balaban J connectivity index is 2.21. The van der Waals surface area contributed by atoms with E-state index < -0.39 is 17.6 Å². The Hall–Kier alpha value is -1.95. The van der Waals surface area contributed by atoms with Crippen LogP contribution in [0, 0.1) is 11.6 Å². The second-order valence-corrected chi connectivity index (χ2v) is 4.92. The van der Waals surface area contributed by atoms with Gasteiger partial charge in [-0.05, 0) is 33.6 Å². The number of benzene rings is 2. The summed E-state index contributed by atoms with van der Waals surface area (Å²) in [5.74, 6) is -2.49. The fourth-order valence-corrected chi connectivity index (χ4v) is 2.07. The van der Waals surface area contributed by atoms with E-state index in [1.165, 1.54) is 12.1 Å². The molecule has 0 heterocycles. The van der Waals surface area contributed by atoms with Crippen LogP contribution in [0.2, 0.25) is 0 Å². The van der Waals surface area contributed by atoms with Gasteiger partial charge in [-0.3, -0.25) is 0 Å². The quantitative estimate of drug-likeness (QED) is 0.825. The normalized spacial score (nSPS) is 10.3. The largest absolute Gasteiger partial charge is 0.478 e. The molecule has 2 aromatic rings. The summed E-state index contributed by atoms with van der Waals surface area (Å²) in [5, 5.41) is 11.8. The van der Waals surface area contributed by atoms with Crippen LogP contribution < -0.4 is 5.32 Å². The first-order valence-corrected chi connectivity index (χ1v) is 6.48. The van der Waals surface area contributed by atoms with Crippen LogP contribution in [-0.4, -0.2) is 11.1 Å². The van der Waals surface area contributed by atoms with Crippen LogP contribution in [0.5, 0.6) is 0 Å². The summed E-state index contributed by atoms with van der Waals surface area (Å²) >= 11 is 2.97. The summed E-state index contributed by atoms with van der Waals surface area (Å²) < 4.78 is 26.8. The van der Waals surface area contributed by atoms with Crippen LogP contribution in [0.15, 0.2) is 40.9 Å². The van der Waals surface area contributed by atoms with E-state index >= 15 is 0 Å². The number of carboxylic acids is 1. The number of carbonyl (C=O) groups is 1. The van der Waals surface area contributed by atoms with Crippen molar-refractivity contribution in [3.05, 3.63) is 63.6 Å². The highest BCUT2D eigenvalue weighted by atomic mass is 79.9. The van der Waals surface area contributed by atoms with E-state index in [2.05, 4.69) is 21.2 Å². The zero-order valence-corrected chi connectivity index (χ0v) is 11.7. The van der Waals surface area contributed by atoms with E-state index in [1.54, 1.807) is 18.2 Å². The minimum Gasteiger partial charge on any atom is -0.478 e. The van der Waals surface area contributed by atoms with Crippen LogP contribution >= 0.6 is 15.9 Å². The molecule has 0 fully saturated rings. The Morgan fingerprint density at radius 2 is 1.90 bits per heavy atom. The highest BCUT2D eigenvalue weighted by Crippen LogP contribution is 2.24. The molecule has 0 atom stereocenters. The molecule has 20 heavy (non-hydrogen) atoms. The van der Waals surface area contributed by atoms with Crippen molar-refractivity contribution in [3.63, 3.8) is 0 Å². The molecule has 104 valence electrons. The number of anilines is 1. The fraction of sp³-hybridized carbons (Fsp3) is 0.0714. The summed E-state index contributed by atoms with van der Waals surface area (Å²) in [7, 11) is 0. The van der Waals surface area contributed by atoms with Crippen molar-refractivity contribution in [1.29, 1.82) is 0 Å². The van der Waals surface area contributed by atoms with E-state index in [9.17, 15) is 13.6 Å². The number of hydrogen-bond acceptors (Lipinski definition) is 2. The molecule has 0 aromatic heterocycles. The lowest BCUT2D eigenvalue weighted by Gasteiger charge is -2.10. The second kappa shape index (κ2) is 6.00. The van der Waals surface area contributed by atoms with Crippen LogP contribution in [0.4, 0.5) is 14.5 Å². The molecule has 2 aromatic carbocycles. The first kappa shape index (κ1) is 14.5. The number of hydrogen-bond donors (Lipinski definition) is 2. The standard InChI is InChI=1S/C14H10BrF2NO2/c15-10-5-13(12(17)6-11(10)16)18-7-8-3-1-2-4-9(8)14(19)20/h1-6,18H,7H2,(H,19,20). The van der Waals surface area contributed by atoms with E-state index in [-0.39, 0.29) is 22.3 Å². The minimum atomic E-state index is -1.05. The lowest BCUT2D eigenvalue weighted by atomic mass is 10.1. The lowest BCUT2D eigenvalue weighted by molar-refractivity contribution is 0.0696. The van der Waals surface area contributed by atoms with Crippen LogP contribution in [0.1, 0.15) is 15.9 Å². The summed E-state index contributed by atoms with van der Waals surface area (Å²) in [4.78, 5) is 11.0. The second-order valence-electron chi connectivity index (χ2n) is 4.06. The van der Waals surface area contributed by atoms with E-state index in [4.69, 9.17) is 5.11 Å². The van der Waals surface area contributed by atoms with Gasteiger partial charge in [-0.15, -0.1) is 0 Å². The van der Waals surface area contributed by atoms with Crippen LogP contribution in [-0.2, 0) is 6.54 Å². The average molecular weight is 342 g/mol. The fourth-order valence-electron chi connectivity index (χ4n) is 1.73. The molecule has 0 spiro atoms. The highest BCUT2D eigenvalue weighted by Gasteiger charge is 2.11. The predicted molar refractivity (Wildman–Crippen MR) is 74.8 cm³/mol.